The van der Waals surface area contributed by atoms with E-state index in [2.05, 4.69) is 5.32 Å². The molecule has 3 amide bonds. The van der Waals surface area contributed by atoms with E-state index in [1.165, 1.54) is 12.1 Å². The number of para-hydroxylation sites is 1. The fourth-order valence-corrected chi connectivity index (χ4v) is 5.70. The average Bonchev–Trinajstić information content (AvgIpc) is 2.93. The molecule has 2 aliphatic heterocycles. The Kier molecular flexibility index (Phi) is 5.36. The molecule has 8 heteroatoms. The van der Waals surface area contributed by atoms with Gasteiger partial charge in [-0.15, -0.1) is 0 Å². The summed E-state index contributed by atoms with van der Waals surface area (Å²) in [5, 5.41) is 2.86. The summed E-state index contributed by atoms with van der Waals surface area (Å²) in [5.41, 5.74) is 1.38. The van der Waals surface area contributed by atoms with Crippen molar-refractivity contribution in [2.75, 3.05) is 24.2 Å². The van der Waals surface area contributed by atoms with Crippen LogP contribution in [0.15, 0.2) is 54.6 Å². The maximum atomic E-state index is 13.6. The monoisotopic (exact) mass is 415 g/mol. The van der Waals surface area contributed by atoms with Gasteiger partial charge in [0.1, 0.15) is 16.4 Å². The predicted molar refractivity (Wildman–Crippen MR) is 109 cm³/mol. The summed E-state index contributed by atoms with van der Waals surface area (Å²) in [5.74, 6) is -0.572. The Morgan fingerprint density at radius 3 is 2.52 bits per heavy atom. The molecule has 29 heavy (non-hydrogen) atoms. The highest BCUT2D eigenvalue weighted by molar-refractivity contribution is 7.87. The van der Waals surface area contributed by atoms with Crippen molar-refractivity contribution in [1.82, 2.24) is 9.80 Å². The zero-order valence-corrected chi connectivity index (χ0v) is 16.7. The number of carbonyl (C=O) groups is 2. The fourth-order valence-electron chi connectivity index (χ4n) is 4.01. The van der Waals surface area contributed by atoms with Crippen LogP contribution in [0.1, 0.15) is 18.4 Å². The third-order valence-corrected chi connectivity index (χ3v) is 7.54. The SMILES string of the molecule is O=C(Nc1ccccc1)N1CCC2(CC1)N(Cc1cccc(F)c1)C(=O)CS2=O. The standard InChI is InChI=1S/C21H22FN3O3S/c22-17-6-4-5-16(13-17)14-25-19(26)15-29(28)21(25)9-11-24(12-10-21)20(27)23-18-7-2-1-3-8-18/h1-8,13H,9-12,14-15H2,(H,23,27). The Balaban J connectivity index is 1.46. The lowest BCUT2D eigenvalue weighted by molar-refractivity contribution is -0.131. The van der Waals surface area contributed by atoms with Crippen LogP contribution in [0.5, 0.6) is 0 Å². The lowest BCUT2D eigenvalue weighted by Gasteiger charge is -2.43. The molecular weight excluding hydrogens is 393 g/mol. The fraction of sp³-hybridized carbons (Fsp3) is 0.333. The van der Waals surface area contributed by atoms with Gasteiger partial charge in [-0.25, -0.2) is 9.18 Å². The number of piperidine rings is 1. The molecule has 6 nitrogen and oxygen atoms in total. The first kappa shape index (κ1) is 19.6. The largest absolute Gasteiger partial charge is 0.324 e. The lowest BCUT2D eigenvalue weighted by Crippen LogP contribution is -2.55. The second-order valence-electron chi connectivity index (χ2n) is 7.33. The van der Waals surface area contributed by atoms with E-state index in [0.29, 0.717) is 37.2 Å². The molecule has 1 atom stereocenters. The minimum absolute atomic E-state index is 0.0223. The normalized spacial score (nSPS) is 20.9. The number of nitrogens with one attached hydrogen (secondary N) is 1. The van der Waals surface area contributed by atoms with Crippen LogP contribution in [0.3, 0.4) is 0 Å². The van der Waals surface area contributed by atoms with Crippen LogP contribution in [0, 0.1) is 5.82 Å². The van der Waals surface area contributed by atoms with Gasteiger partial charge in [0.25, 0.3) is 0 Å². The zero-order chi connectivity index (χ0) is 20.4. The second-order valence-corrected chi connectivity index (χ2v) is 9.07. The Bertz CT molecular complexity index is 945. The maximum Gasteiger partial charge on any atom is 0.321 e. The van der Waals surface area contributed by atoms with Crippen LogP contribution in [0.25, 0.3) is 0 Å². The molecule has 2 aliphatic rings. The smallest absolute Gasteiger partial charge is 0.321 e. The highest BCUT2D eigenvalue weighted by Gasteiger charge is 2.53. The third kappa shape index (κ3) is 3.89. The molecular formula is C21H22FN3O3S. The number of likely N-dealkylation sites (tertiary alicyclic amines) is 1. The third-order valence-electron chi connectivity index (χ3n) is 5.56. The summed E-state index contributed by atoms with van der Waals surface area (Å²) in [6.45, 7) is 1.02. The van der Waals surface area contributed by atoms with E-state index in [4.69, 9.17) is 0 Å². The summed E-state index contributed by atoms with van der Waals surface area (Å²) in [7, 11) is -1.35. The Morgan fingerprint density at radius 2 is 1.83 bits per heavy atom. The van der Waals surface area contributed by atoms with E-state index in [0.717, 1.165) is 0 Å². The van der Waals surface area contributed by atoms with Gasteiger partial charge in [0.2, 0.25) is 5.91 Å². The van der Waals surface area contributed by atoms with Crippen LogP contribution >= 0.6 is 0 Å². The summed E-state index contributed by atoms with van der Waals surface area (Å²) < 4.78 is 26.4. The number of urea groups is 1. The van der Waals surface area contributed by atoms with Crippen molar-refractivity contribution in [3.63, 3.8) is 0 Å². The topological polar surface area (TPSA) is 69.7 Å². The van der Waals surface area contributed by atoms with E-state index in [1.54, 1.807) is 21.9 Å². The van der Waals surface area contributed by atoms with E-state index in [9.17, 15) is 18.2 Å². The van der Waals surface area contributed by atoms with Crippen molar-refractivity contribution < 1.29 is 18.2 Å². The second kappa shape index (κ2) is 7.94. The minimum atomic E-state index is -1.35. The first-order valence-electron chi connectivity index (χ1n) is 9.52. The number of benzene rings is 2. The molecule has 2 fully saturated rings. The number of amides is 3. The number of hydrogen-bond donors (Lipinski definition) is 1. The molecule has 1 spiro atoms. The molecule has 0 bridgehead atoms. The van der Waals surface area contributed by atoms with Crippen molar-refractivity contribution in [3.8, 4) is 0 Å². The van der Waals surface area contributed by atoms with E-state index in [1.807, 2.05) is 30.3 Å². The van der Waals surface area contributed by atoms with Crippen molar-refractivity contribution in [3.05, 3.63) is 66.0 Å². The number of halogens is 1. The molecule has 1 N–H and O–H groups in total. The van der Waals surface area contributed by atoms with Crippen molar-refractivity contribution in [2.45, 2.75) is 24.3 Å². The molecule has 152 valence electrons. The van der Waals surface area contributed by atoms with Gasteiger partial charge in [0.05, 0.1) is 10.8 Å². The van der Waals surface area contributed by atoms with Gasteiger partial charge in [0.15, 0.2) is 0 Å². The van der Waals surface area contributed by atoms with Gasteiger partial charge >= 0.3 is 6.03 Å². The van der Waals surface area contributed by atoms with Crippen LogP contribution in [-0.4, -0.2) is 49.7 Å². The highest BCUT2D eigenvalue weighted by atomic mass is 32.2. The van der Waals surface area contributed by atoms with Crippen molar-refractivity contribution in [1.29, 1.82) is 0 Å². The Labute approximate surface area is 171 Å². The van der Waals surface area contributed by atoms with Crippen LogP contribution in [0.4, 0.5) is 14.9 Å². The molecule has 0 aromatic heterocycles. The Morgan fingerprint density at radius 1 is 1.10 bits per heavy atom. The van der Waals surface area contributed by atoms with Crippen molar-refractivity contribution >= 4 is 28.4 Å². The van der Waals surface area contributed by atoms with Gasteiger partial charge in [-0.05, 0) is 29.8 Å². The molecule has 0 aliphatic carbocycles. The van der Waals surface area contributed by atoms with E-state index >= 15 is 0 Å². The van der Waals surface area contributed by atoms with E-state index in [-0.39, 0.29) is 30.1 Å². The first-order valence-corrected chi connectivity index (χ1v) is 10.8. The maximum absolute atomic E-state index is 13.6. The molecule has 2 heterocycles. The van der Waals surface area contributed by atoms with Gasteiger partial charge in [-0.2, -0.15) is 0 Å². The number of nitrogens with zero attached hydrogens (tertiary/aromatic N) is 2. The molecule has 0 radical (unpaired) electrons. The van der Waals surface area contributed by atoms with Crippen LogP contribution in [-0.2, 0) is 22.1 Å². The first-order chi connectivity index (χ1) is 14.0. The molecule has 2 aromatic carbocycles. The van der Waals surface area contributed by atoms with Crippen LogP contribution < -0.4 is 5.32 Å². The lowest BCUT2D eigenvalue weighted by atomic mass is 10.0. The summed E-state index contributed by atoms with van der Waals surface area (Å²) in [4.78, 5) is 27.6. The molecule has 0 saturated carbocycles. The average molecular weight is 415 g/mol. The van der Waals surface area contributed by atoms with Gasteiger partial charge in [-0.1, -0.05) is 30.3 Å². The van der Waals surface area contributed by atoms with Crippen LogP contribution in [0.2, 0.25) is 0 Å². The molecule has 1 unspecified atom stereocenters. The van der Waals surface area contributed by atoms with Gasteiger partial charge < -0.3 is 15.1 Å². The number of anilines is 1. The highest BCUT2D eigenvalue weighted by Crippen LogP contribution is 2.38. The number of hydrogen-bond acceptors (Lipinski definition) is 3. The zero-order valence-electron chi connectivity index (χ0n) is 15.8. The molecule has 2 aromatic rings. The predicted octanol–water partition coefficient (Wildman–Crippen LogP) is 2.94. The Hall–Kier alpha value is -2.74. The van der Waals surface area contributed by atoms with E-state index < -0.39 is 15.7 Å². The van der Waals surface area contributed by atoms with Crippen molar-refractivity contribution in [2.24, 2.45) is 0 Å². The molecule has 2 saturated heterocycles. The number of carbonyl (C=O) groups excluding carboxylic acids is 2. The quantitative estimate of drug-likeness (QED) is 0.838. The summed E-state index contributed by atoms with van der Waals surface area (Å²) in [6.07, 6.45) is 0.867. The summed E-state index contributed by atoms with van der Waals surface area (Å²) in [6, 6.07) is 15.1. The van der Waals surface area contributed by atoms with Gasteiger partial charge in [-0.3, -0.25) is 9.00 Å². The number of rotatable bonds is 3. The minimum Gasteiger partial charge on any atom is -0.324 e. The van der Waals surface area contributed by atoms with Gasteiger partial charge in [0, 0.05) is 38.2 Å². The molecule has 4 rings (SSSR count). The summed E-state index contributed by atoms with van der Waals surface area (Å²) >= 11 is 0.